The van der Waals surface area contributed by atoms with Gasteiger partial charge in [-0.25, -0.2) is 4.39 Å². The molecule has 0 aromatic heterocycles. The highest BCUT2D eigenvalue weighted by Crippen LogP contribution is 2.22. The van der Waals surface area contributed by atoms with E-state index in [0.717, 1.165) is 6.42 Å². The summed E-state index contributed by atoms with van der Waals surface area (Å²) in [6.45, 7) is 1.94. The van der Waals surface area contributed by atoms with Gasteiger partial charge < -0.3 is 5.11 Å². The fourth-order valence-corrected chi connectivity index (χ4v) is 1.16. The number of aromatic hydroxyl groups is 1. The van der Waals surface area contributed by atoms with E-state index in [0.29, 0.717) is 12.0 Å². The number of phenolic OH excluding ortho intramolecular Hbond substituents is 1. The lowest BCUT2D eigenvalue weighted by atomic mass is 10.1. The molecular formula is C10H10FNO. The Hall–Kier alpha value is -1.56. The number of benzene rings is 1. The van der Waals surface area contributed by atoms with Crippen molar-refractivity contribution in [1.82, 2.24) is 0 Å². The van der Waals surface area contributed by atoms with E-state index in [2.05, 4.69) is 0 Å². The second-order valence-corrected chi connectivity index (χ2v) is 2.82. The minimum absolute atomic E-state index is 0.000185. The Balaban J connectivity index is 3.14. The average Bonchev–Trinajstić information content (AvgIpc) is 2.11. The van der Waals surface area contributed by atoms with Crippen molar-refractivity contribution < 1.29 is 9.50 Å². The van der Waals surface area contributed by atoms with Gasteiger partial charge in [-0.3, -0.25) is 0 Å². The number of nitrogens with zero attached hydrogens (tertiary/aromatic N) is 1. The predicted molar refractivity (Wildman–Crippen MR) is 46.8 cm³/mol. The molecular weight excluding hydrogens is 169 g/mol. The molecule has 1 rings (SSSR count). The topological polar surface area (TPSA) is 44.0 Å². The highest BCUT2D eigenvalue weighted by atomic mass is 19.1. The van der Waals surface area contributed by atoms with Gasteiger partial charge in [0, 0.05) is 6.07 Å². The molecule has 13 heavy (non-hydrogen) atoms. The zero-order valence-corrected chi connectivity index (χ0v) is 7.34. The van der Waals surface area contributed by atoms with Crippen molar-refractivity contribution in [2.24, 2.45) is 0 Å². The number of nitriles is 1. The first kappa shape index (κ1) is 9.53. The Morgan fingerprint density at radius 1 is 1.54 bits per heavy atom. The number of aryl methyl sites for hydroxylation is 1. The van der Waals surface area contributed by atoms with Crippen LogP contribution >= 0.6 is 0 Å². The minimum Gasteiger partial charge on any atom is -0.508 e. The Kier molecular flexibility index (Phi) is 2.86. The van der Waals surface area contributed by atoms with Crippen molar-refractivity contribution in [1.29, 1.82) is 5.26 Å². The molecule has 1 aromatic rings. The van der Waals surface area contributed by atoms with E-state index in [1.807, 2.05) is 6.92 Å². The summed E-state index contributed by atoms with van der Waals surface area (Å²) in [7, 11) is 0. The van der Waals surface area contributed by atoms with E-state index < -0.39 is 5.82 Å². The molecule has 0 aliphatic carbocycles. The molecule has 0 saturated heterocycles. The smallest absolute Gasteiger partial charge is 0.141 e. The zero-order chi connectivity index (χ0) is 9.84. The van der Waals surface area contributed by atoms with Gasteiger partial charge in [0.1, 0.15) is 17.6 Å². The summed E-state index contributed by atoms with van der Waals surface area (Å²) in [5.74, 6) is -0.566. The minimum atomic E-state index is -0.566. The summed E-state index contributed by atoms with van der Waals surface area (Å²) in [4.78, 5) is 0. The summed E-state index contributed by atoms with van der Waals surface area (Å²) >= 11 is 0. The third-order valence-electron chi connectivity index (χ3n) is 1.81. The molecule has 0 spiro atoms. The molecule has 0 unspecified atom stereocenters. The molecule has 1 N–H and O–H groups in total. The number of phenols is 1. The summed E-state index contributed by atoms with van der Waals surface area (Å²) in [5.41, 5.74) is 0.441. The molecule has 0 aliphatic rings. The van der Waals surface area contributed by atoms with E-state index in [4.69, 9.17) is 5.26 Å². The van der Waals surface area contributed by atoms with Crippen molar-refractivity contribution in [3.8, 4) is 11.8 Å². The summed E-state index contributed by atoms with van der Waals surface area (Å²) < 4.78 is 13.0. The summed E-state index contributed by atoms with van der Waals surface area (Å²) in [5, 5.41) is 17.8. The lowest BCUT2D eigenvalue weighted by Crippen LogP contribution is -1.90. The maximum absolute atomic E-state index is 13.0. The summed E-state index contributed by atoms with van der Waals surface area (Å²) in [6.07, 6.45) is 1.45. The number of hydrogen-bond donors (Lipinski definition) is 1. The second kappa shape index (κ2) is 3.90. The number of hydrogen-bond acceptors (Lipinski definition) is 2. The molecule has 0 radical (unpaired) electrons. The first-order chi connectivity index (χ1) is 6.19. The van der Waals surface area contributed by atoms with E-state index in [1.54, 1.807) is 6.07 Å². The van der Waals surface area contributed by atoms with E-state index in [9.17, 15) is 9.50 Å². The van der Waals surface area contributed by atoms with Gasteiger partial charge in [0.05, 0.1) is 5.56 Å². The van der Waals surface area contributed by atoms with Crippen LogP contribution in [0.3, 0.4) is 0 Å². The maximum Gasteiger partial charge on any atom is 0.141 e. The largest absolute Gasteiger partial charge is 0.508 e. The van der Waals surface area contributed by atoms with Gasteiger partial charge >= 0.3 is 0 Å². The number of rotatable bonds is 2. The van der Waals surface area contributed by atoms with Crippen LogP contribution in [0, 0.1) is 17.1 Å². The Bertz CT molecular complexity index is 355. The van der Waals surface area contributed by atoms with Crippen LogP contribution in [0.5, 0.6) is 5.75 Å². The van der Waals surface area contributed by atoms with Gasteiger partial charge in [-0.15, -0.1) is 0 Å². The molecule has 3 heteroatoms. The zero-order valence-electron chi connectivity index (χ0n) is 7.34. The standard InChI is InChI=1S/C10H10FNO/c1-2-3-7-4-9(11)8(6-12)5-10(7)13/h4-5,13H,2-3H2,1H3. The van der Waals surface area contributed by atoms with Gasteiger partial charge in [0.15, 0.2) is 0 Å². The molecule has 0 amide bonds. The first-order valence-electron chi connectivity index (χ1n) is 4.10. The SMILES string of the molecule is CCCc1cc(F)c(C#N)cc1O. The van der Waals surface area contributed by atoms with Gasteiger partial charge in [0.2, 0.25) is 0 Å². The van der Waals surface area contributed by atoms with E-state index in [1.165, 1.54) is 12.1 Å². The Labute approximate surface area is 76.2 Å². The fraction of sp³-hybridized carbons (Fsp3) is 0.300. The van der Waals surface area contributed by atoms with Crippen molar-refractivity contribution >= 4 is 0 Å². The lowest BCUT2D eigenvalue weighted by molar-refractivity contribution is 0.464. The second-order valence-electron chi connectivity index (χ2n) is 2.82. The molecule has 68 valence electrons. The van der Waals surface area contributed by atoms with Crippen molar-refractivity contribution in [2.75, 3.05) is 0 Å². The highest BCUT2D eigenvalue weighted by molar-refractivity contribution is 5.42. The Morgan fingerprint density at radius 3 is 2.77 bits per heavy atom. The van der Waals surface area contributed by atoms with Crippen LogP contribution in [-0.4, -0.2) is 5.11 Å². The summed E-state index contributed by atoms with van der Waals surface area (Å²) in [6, 6.07) is 4.06. The van der Waals surface area contributed by atoms with Crippen molar-refractivity contribution in [3.63, 3.8) is 0 Å². The van der Waals surface area contributed by atoms with Gasteiger partial charge in [0.25, 0.3) is 0 Å². The Morgan fingerprint density at radius 2 is 2.23 bits per heavy atom. The first-order valence-corrected chi connectivity index (χ1v) is 4.10. The fourth-order valence-electron chi connectivity index (χ4n) is 1.16. The van der Waals surface area contributed by atoms with Crippen LogP contribution in [0.15, 0.2) is 12.1 Å². The lowest BCUT2D eigenvalue weighted by Gasteiger charge is -2.03. The van der Waals surface area contributed by atoms with E-state index >= 15 is 0 Å². The molecule has 0 aliphatic heterocycles. The highest BCUT2D eigenvalue weighted by Gasteiger charge is 2.07. The van der Waals surface area contributed by atoms with Gasteiger partial charge in [-0.05, 0) is 18.1 Å². The molecule has 1 aromatic carbocycles. The normalized spacial score (nSPS) is 9.62. The molecule has 0 atom stereocenters. The van der Waals surface area contributed by atoms with E-state index in [-0.39, 0.29) is 11.3 Å². The molecule has 0 fully saturated rings. The number of halogens is 1. The maximum atomic E-state index is 13.0. The van der Waals surface area contributed by atoms with Crippen LogP contribution in [0.1, 0.15) is 24.5 Å². The van der Waals surface area contributed by atoms with Crippen LogP contribution in [-0.2, 0) is 6.42 Å². The third-order valence-corrected chi connectivity index (χ3v) is 1.81. The molecule has 0 saturated carbocycles. The van der Waals surface area contributed by atoms with Crippen LogP contribution in [0.4, 0.5) is 4.39 Å². The van der Waals surface area contributed by atoms with Crippen molar-refractivity contribution in [3.05, 3.63) is 29.1 Å². The van der Waals surface area contributed by atoms with Crippen molar-refractivity contribution in [2.45, 2.75) is 19.8 Å². The monoisotopic (exact) mass is 179 g/mol. The molecule has 0 bridgehead atoms. The van der Waals surface area contributed by atoms with Crippen LogP contribution in [0.25, 0.3) is 0 Å². The average molecular weight is 179 g/mol. The van der Waals surface area contributed by atoms with Gasteiger partial charge in [-0.2, -0.15) is 5.26 Å². The van der Waals surface area contributed by atoms with Gasteiger partial charge in [-0.1, -0.05) is 13.3 Å². The molecule has 0 heterocycles. The molecule has 2 nitrogen and oxygen atoms in total. The quantitative estimate of drug-likeness (QED) is 0.757. The predicted octanol–water partition coefficient (Wildman–Crippen LogP) is 2.36. The third kappa shape index (κ3) is 1.97. The van der Waals surface area contributed by atoms with Crippen LogP contribution in [0.2, 0.25) is 0 Å². The van der Waals surface area contributed by atoms with Crippen LogP contribution < -0.4 is 0 Å².